The third kappa shape index (κ3) is 1.73. The zero-order valence-corrected chi connectivity index (χ0v) is 8.46. The molecule has 1 aliphatic rings. The lowest BCUT2D eigenvalue weighted by atomic mass is 10.3. The van der Waals surface area contributed by atoms with Gasteiger partial charge in [0.15, 0.2) is 0 Å². The molecule has 1 amide bonds. The van der Waals surface area contributed by atoms with Crippen LogP contribution in [0.15, 0.2) is 11.4 Å². The third-order valence-electron chi connectivity index (χ3n) is 2.28. The van der Waals surface area contributed by atoms with E-state index in [9.17, 15) is 9.90 Å². The second-order valence-corrected chi connectivity index (χ2v) is 4.35. The number of carbonyl (C=O) groups is 1. The molecule has 76 valence electrons. The first kappa shape index (κ1) is 9.48. The van der Waals surface area contributed by atoms with E-state index in [1.807, 2.05) is 0 Å². The fraction of sp³-hybridized carbons (Fsp3) is 0.444. The normalized spacial score (nSPS) is 21.5. The smallest absolute Gasteiger partial charge is 0.264 e. The zero-order chi connectivity index (χ0) is 10.1. The Labute approximate surface area is 85.9 Å². The quantitative estimate of drug-likeness (QED) is 0.714. The molecule has 1 aliphatic heterocycles. The van der Waals surface area contributed by atoms with E-state index >= 15 is 0 Å². The first-order valence-corrected chi connectivity index (χ1v) is 5.36. The molecule has 0 radical (unpaired) electrons. The number of nitrogens with zero attached hydrogens (tertiary/aromatic N) is 1. The summed E-state index contributed by atoms with van der Waals surface area (Å²) in [5, 5.41) is 11.0. The van der Waals surface area contributed by atoms with E-state index in [1.165, 1.54) is 11.3 Å². The van der Waals surface area contributed by atoms with E-state index in [2.05, 4.69) is 0 Å². The number of carbonyl (C=O) groups excluding carboxylic acids is 1. The van der Waals surface area contributed by atoms with Crippen molar-refractivity contribution in [3.8, 4) is 0 Å². The van der Waals surface area contributed by atoms with Crippen molar-refractivity contribution in [1.29, 1.82) is 0 Å². The maximum Gasteiger partial charge on any atom is 0.264 e. The molecular weight excluding hydrogens is 200 g/mol. The molecule has 1 fully saturated rings. The Kier molecular flexibility index (Phi) is 2.43. The van der Waals surface area contributed by atoms with E-state index in [-0.39, 0.29) is 12.0 Å². The first-order valence-electron chi connectivity index (χ1n) is 4.48. The summed E-state index contributed by atoms with van der Waals surface area (Å²) in [6.45, 7) is 1.08. The first-order chi connectivity index (χ1) is 6.66. The van der Waals surface area contributed by atoms with Gasteiger partial charge in [-0.3, -0.25) is 4.79 Å². The topological polar surface area (TPSA) is 66.6 Å². The van der Waals surface area contributed by atoms with Crippen LogP contribution < -0.4 is 5.73 Å². The van der Waals surface area contributed by atoms with Crippen LogP contribution in [0.4, 0.5) is 5.69 Å². The van der Waals surface area contributed by atoms with Gasteiger partial charge in [-0.15, -0.1) is 11.3 Å². The number of hydrogen-bond acceptors (Lipinski definition) is 4. The summed E-state index contributed by atoms with van der Waals surface area (Å²) in [4.78, 5) is 14.1. The van der Waals surface area contributed by atoms with Crippen molar-refractivity contribution >= 4 is 22.9 Å². The SMILES string of the molecule is Nc1csc(C(=O)N2CC[C@H](O)C2)c1. The monoisotopic (exact) mass is 212 g/mol. The Hall–Kier alpha value is -1.07. The van der Waals surface area contributed by atoms with Crippen LogP contribution >= 0.6 is 11.3 Å². The maximum atomic E-state index is 11.8. The number of aliphatic hydroxyl groups excluding tert-OH is 1. The zero-order valence-electron chi connectivity index (χ0n) is 7.64. The molecule has 1 saturated heterocycles. The lowest BCUT2D eigenvalue weighted by Crippen LogP contribution is -2.28. The van der Waals surface area contributed by atoms with Crippen molar-refractivity contribution < 1.29 is 9.90 Å². The lowest BCUT2D eigenvalue weighted by molar-refractivity contribution is 0.0769. The van der Waals surface area contributed by atoms with E-state index in [0.717, 1.165) is 0 Å². The molecule has 0 aromatic carbocycles. The molecule has 1 aromatic rings. The third-order valence-corrected chi connectivity index (χ3v) is 3.22. The Morgan fingerprint density at radius 2 is 2.50 bits per heavy atom. The summed E-state index contributed by atoms with van der Waals surface area (Å²) in [7, 11) is 0. The summed E-state index contributed by atoms with van der Waals surface area (Å²) < 4.78 is 0. The van der Waals surface area contributed by atoms with Gasteiger partial charge in [-0.2, -0.15) is 0 Å². The minimum atomic E-state index is -0.365. The average molecular weight is 212 g/mol. The summed E-state index contributed by atoms with van der Waals surface area (Å²) >= 11 is 1.35. The van der Waals surface area contributed by atoms with Crippen molar-refractivity contribution in [3.63, 3.8) is 0 Å². The molecule has 2 heterocycles. The van der Waals surface area contributed by atoms with Crippen LogP contribution in [0.1, 0.15) is 16.1 Å². The van der Waals surface area contributed by atoms with Crippen LogP contribution in [0, 0.1) is 0 Å². The van der Waals surface area contributed by atoms with Gasteiger partial charge in [0.05, 0.1) is 11.0 Å². The molecule has 1 atom stereocenters. The van der Waals surface area contributed by atoms with Gasteiger partial charge in [-0.1, -0.05) is 0 Å². The highest BCUT2D eigenvalue weighted by Crippen LogP contribution is 2.20. The van der Waals surface area contributed by atoms with Gasteiger partial charge in [0.2, 0.25) is 0 Å². The molecule has 5 heteroatoms. The summed E-state index contributed by atoms with van der Waals surface area (Å²) in [6, 6.07) is 1.68. The van der Waals surface area contributed by atoms with Gasteiger partial charge < -0.3 is 15.7 Å². The molecule has 0 spiro atoms. The summed E-state index contributed by atoms with van der Waals surface area (Å²) in [6.07, 6.45) is 0.309. The molecular formula is C9H12N2O2S. The minimum absolute atomic E-state index is 0.0248. The van der Waals surface area contributed by atoms with Gasteiger partial charge in [0.25, 0.3) is 5.91 Å². The lowest BCUT2D eigenvalue weighted by Gasteiger charge is -2.13. The van der Waals surface area contributed by atoms with Crippen LogP contribution in [0.3, 0.4) is 0 Å². The number of rotatable bonds is 1. The van der Waals surface area contributed by atoms with Crippen molar-refractivity contribution in [1.82, 2.24) is 4.90 Å². The molecule has 2 rings (SSSR count). The van der Waals surface area contributed by atoms with Crippen LogP contribution in [-0.2, 0) is 0 Å². The van der Waals surface area contributed by atoms with Gasteiger partial charge in [0, 0.05) is 24.2 Å². The maximum absolute atomic E-state index is 11.8. The second-order valence-electron chi connectivity index (χ2n) is 3.44. The van der Waals surface area contributed by atoms with Crippen molar-refractivity contribution in [2.24, 2.45) is 0 Å². The summed E-state index contributed by atoms with van der Waals surface area (Å²) in [5.74, 6) is -0.0248. The van der Waals surface area contributed by atoms with Crippen LogP contribution in [-0.4, -0.2) is 35.1 Å². The number of likely N-dealkylation sites (tertiary alicyclic amines) is 1. The molecule has 1 aromatic heterocycles. The predicted octanol–water partition coefficient (Wildman–Crippen LogP) is 0.537. The van der Waals surface area contributed by atoms with Gasteiger partial charge in [0.1, 0.15) is 0 Å². The number of β-amino-alcohol motifs (C(OH)–C–C–N with tert-alkyl or cyclic N) is 1. The molecule has 3 N–H and O–H groups in total. The highest BCUT2D eigenvalue weighted by Gasteiger charge is 2.25. The standard InChI is InChI=1S/C9H12N2O2S/c10-6-3-8(14-5-6)9(13)11-2-1-7(12)4-11/h3,5,7,12H,1-2,4,10H2/t7-/m0/s1. The number of nitrogen functional groups attached to an aromatic ring is 1. The van der Waals surface area contributed by atoms with Crippen molar-refractivity contribution in [2.75, 3.05) is 18.8 Å². The van der Waals surface area contributed by atoms with E-state index in [0.29, 0.717) is 30.1 Å². The van der Waals surface area contributed by atoms with Crippen LogP contribution in [0.2, 0.25) is 0 Å². The molecule has 14 heavy (non-hydrogen) atoms. The Morgan fingerprint density at radius 3 is 3.00 bits per heavy atom. The molecule has 0 bridgehead atoms. The van der Waals surface area contributed by atoms with E-state index < -0.39 is 0 Å². The molecule has 0 saturated carbocycles. The van der Waals surface area contributed by atoms with Crippen LogP contribution in [0.5, 0.6) is 0 Å². The van der Waals surface area contributed by atoms with Crippen LogP contribution in [0.25, 0.3) is 0 Å². The molecule has 4 nitrogen and oxygen atoms in total. The average Bonchev–Trinajstić information content (AvgIpc) is 2.73. The number of aliphatic hydroxyl groups is 1. The number of thiophene rings is 1. The number of anilines is 1. The fourth-order valence-corrected chi connectivity index (χ4v) is 2.31. The second kappa shape index (κ2) is 3.59. The Balaban J connectivity index is 2.09. The van der Waals surface area contributed by atoms with Crippen molar-refractivity contribution in [3.05, 3.63) is 16.3 Å². The van der Waals surface area contributed by atoms with Gasteiger partial charge in [-0.05, 0) is 12.5 Å². The van der Waals surface area contributed by atoms with Gasteiger partial charge >= 0.3 is 0 Å². The minimum Gasteiger partial charge on any atom is -0.398 e. The van der Waals surface area contributed by atoms with Crippen molar-refractivity contribution in [2.45, 2.75) is 12.5 Å². The predicted molar refractivity (Wildman–Crippen MR) is 55.3 cm³/mol. The molecule has 0 aliphatic carbocycles. The molecule has 0 unspecified atom stereocenters. The fourth-order valence-electron chi connectivity index (χ4n) is 1.55. The van der Waals surface area contributed by atoms with E-state index in [1.54, 1.807) is 16.3 Å². The van der Waals surface area contributed by atoms with Gasteiger partial charge in [-0.25, -0.2) is 0 Å². The number of nitrogens with two attached hydrogens (primary N) is 1. The highest BCUT2D eigenvalue weighted by molar-refractivity contribution is 7.12. The number of hydrogen-bond donors (Lipinski definition) is 2. The largest absolute Gasteiger partial charge is 0.398 e. The van der Waals surface area contributed by atoms with E-state index in [4.69, 9.17) is 5.73 Å². The Bertz CT molecular complexity index is 350. The summed E-state index contributed by atoms with van der Waals surface area (Å²) in [5.41, 5.74) is 6.16. The number of amides is 1. The Morgan fingerprint density at radius 1 is 1.71 bits per heavy atom. The highest BCUT2D eigenvalue weighted by atomic mass is 32.1.